The van der Waals surface area contributed by atoms with Gasteiger partial charge in [0.1, 0.15) is 0 Å². The summed E-state index contributed by atoms with van der Waals surface area (Å²) in [6.45, 7) is 7.72. The van der Waals surface area contributed by atoms with Gasteiger partial charge in [-0.15, -0.1) is 0 Å². The zero-order valence-electron chi connectivity index (χ0n) is 11.5. The SMILES string of the molecule is COC(C)(C)CCN[C@@H](C)C1CCCCC1. The van der Waals surface area contributed by atoms with E-state index in [-0.39, 0.29) is 5.60 Å². The van der Waals surface area contributed by atoms with Crippen LogP contribution in [0, 0.1) is 5.92 Å². The summed E-state index contributed by atoms with van der Waals surface area (Å²) in [5.74, 6) is 0.902. The first-order valence-corrected chi connectivity index (χ1v) is 6.84. The second-order valence-electron chi connectivity index (χ2n) is 5.85. The lowest BCUT2D eigenvalue weighted by molar-refractivity contribution is 0.0149. The van der Waals surface area contributed by atoms with Gasteiger partial charge in [-0.1, -0.05) is 19.3 Å². The van der Waals surface area contributed by atoms with E-state index in [1.165, 1.54) is 32.1 Å². The van der Waals surface area contributed by atoms with E-state index in [1.807, 2.05) is 0 Å². The zero-order valence-corrected chi connectivity index (χ0v) is 11.5. The molecule has 1 rings (SSSR count). The van der Waals surface area contributed by atoms with Crippen LogP contribution in [0.5, 0.6) is 0 Å². The van der Waals surface area contributed by atoms with Crippen molar-refractivity contribution in [3.8, 4) is 0 Å². The maximum atomic E-state index is 5.42. The maximum absolute atomic E-state index is 5.42. The molecule has 1 aliphatic rings. The van der Waals surface area contributed by atoms with E-state index in [0.29, 0.717) is 6.04 Å². The molecule has 0 bridgehead atoms. The fourth-order valence-electron chi connectivity index (χ4n) is 2.50. The molecule has 1 N–H and O–H groups in total. The van der Waals surface area contributed by atoms with Crippen LogP contribution in [-0.2, 0) is 4.74 Å². The van der Waals surface area contributed by atoms with Gasteiger partial charge in [0.2, 0.25) is 0 Å². The van der Waals surface area contributed by atoms with Crippen LogP contribution in [0.25, 0.3) is 0 Å². The number of hydrogen-bond acceptors (Lipinski definition) is 2. The Bertz CT molecular complexity index is 185. The van der Waals surface area contributed by atoms with E-state index < -0.39 is 0 Å². The Labute approximate surface area is 101 Å². The fraction of sp³-hybridized carbons (Fsp3) is 1.00. The lowest BCUT2D eigenvalue weighted by Crippen LogP contribution is -2.38. The lowest BCUT2D eigenvalue weighted by atomic mass is 9.84. The minimum absolute atomic E-state index is 0.0132. The molecule has 0 radical (unpaired) electrons. The molecule has 0 saturated heterocycles. The molecular formula is C14H29NO. The first-order chi connectivity index (χ1) is 7.55. The van der Waals surface area contributed by atoms with Crippen LogP contribution in [-0.4, -0.2) is 25.3 Å². The largest absolute Gasteiger partial charge is 0.379 e. The summed E-state index contributed by atoms with van der Waals surface area (Å²) < 4.78 is 5.42. The Hall–Kier alpha value is -0.0800. The molecule has 2 nitrogen and oxygen atoms in total. The molecule has 1 atom stereocenters. The minimum atomic E-state index is 0.0132. The van der Waals surface area contributed by atoms with Crippen molar-refractivity contribution in [2.75, 3.05) is 13.7 Å². The molecule has 96 valence electrons. The smallest absolute Gasteiger partial charge is 0.0634 e. The lowest BCUT2D eigenvalue weighted by Gasteiger charge is -2.30. The summed E-state index contributed by atoms with van der Waals surface area (Å²) in [5.41, 5.74) is 0.0132. The maximum Gasteiger partial charge on any atom is 0.0634 e. The molecule has 0 amide bonds. The van der Waals surface area contributed by atoms with Crippen LogP contribution in [0.4, 0.5) is 0 Å². The molecule has 0 unspecified atom stereocenters. The molecule has 16 heavy (non-hydrogen) atoms. The van der Waals surface area contributed by atoms with Crippen LogP contribution in [0.2, 0.25) is 0 Å². The molecule has 0 aromatic carbocycles. The average molecular weight is 227 g/mol. The predicted octanol–water partition coefficient (Wildman–Crippen LogP) is 3.36. The Morgan fingerprint density at radius 1 is 1.25 bits per heavy atom. The third kappa shape index (κ3) is 4.84. The second-order valence-corrected chi connectivity index (χ2v) is 5.85. The highest BCUT2D eigenvalue weighted by Crippen LogP contribution is 2.26. The van der Waals surface area contributed by atoms with Crippen molar-refractivity contribution >= 4 is 0 Å². The van der Waals surface area contributed by atoms with Crippen LogP contribution in [0.3, 0.4) is 0 Å². The molecule has 1 saturated carbocycles. The second kappa shape index (κ2) is 6.61. The Morgan fingerprint density at radius 3 is 2.44 bits per heavy atom. The van der Waals surface area contributed by atoms with Crippen LogP contribution >= 0.6 is 0 Å². The van der Waals surface area contributed by atoms with Gasteiger partial charge >= 0.3 is 0 Å². The van der Waals surface area contributed by atoms with Crippen molar-refractivity contribution in [3.05, 3.63) is 0 Å². The summed E-state index contributed by atoms with van der Waals surface area (Å²) >= 11 is 0. The number of ether oxygens (including phenoxy) is 1. The third-order valence-electron chi connectivity index (χ3n) is 4.10. The summed E-state index contributed by atoms with van der Waals surface area (Å²) in [5, 5.41) is 3.66. The molecular weight excluding hydrogens is 198 g/mol. The van der Waals surface area contributed by atoms with E-state index in [0.717, 1.165) is 18.9 Å². The summed E-state index contributed by atoms with van der Waals surface area (Å²) in [6.07, 6.45) is 8.23. The van der Waals surface area contributed by atoms with Crippen molar-refractivity contribution in [1.29, 1.82) is 0 Å². The van der Waals surface area contributed by atoms with E-state index >= 15 is 0 Å². The number of hydrogen-bond donors (Lipinski definition) is 1. The first kappa shape index (κ1) is 14.0. The van der Waals surface area contributed by atoms with Gasteiger partial charge in [-0.3, -0.25) is 0 Å². The Kier molecular flexibility index (Phi) is 5.77. The summed E-state index contributed by atoms with van der Waals surface area (Å²) in [4.78, 5) is 0. The van der Waals surface area contributed by atoms with Crippen molar-refractivity contribution in [1.82, 2.24) is 5.32 Å². The van der Waals surface area contributed by atoms with Crippen molar-refractivity contribution < 1.29 is 4.74 Å². The first-order valence-electron chi connectivity index (χ1n) is 6.84. The summed E-state index contributed by atoms with van der Waals surface area (Å²) in [7, 11) is 1.80. The average Bonchev–Trinajstić information content (AvgIpc) is 2.30. The topological polar surface area (TPSA) is 21.3 Å². The number of nitrogens with one attached hydrogen (secondary N) is 1. The van der Waals surface area contributed by atoms with Gasteiger partial charge in [-0.2, -0.15) is 0 Å². The van der Waals surface area contributed by atoms with Gasteiger partial charge in [0.05, 0.1) is 5.60 Å². The van der Waals surface area contributed by atoms with Gasteiger partial charge in [-0.05, 0) is 52.5 Å². The van der Waals surface area contributed by atoms with E-state index in [1.54, 1.807) is 7.11 Å². The van der Waals surface area contributed by atoms with E-state index in [4.69, 9.17) is 4.74 Å². The summed E-state index contributed by atoms with van der Waals surface area (Å²) in [6, 6.07) is 0.674. The Morgan fingerprint density at radius 2 is 1.88 bits per heavy atom. The number of methoxy groups -OCH3 is 1. The highest BCUT2D eigenvalue weighted by molar-refractivity contribution is 4.77. The fourth-order valence-corrected chi connectivity index (χ4v) is 2.50. The van der Waals surface area contributed by atoms with Gasteiger partial charge in [0, 0.05) is 13.2 Å². The van der Waals surface area contributed by atoms with Crippen LogP contribution in [0.1, 0.15) is 59.3 Å². The van der Waals surface area contributed by atoms with Crippen molar-refractivity contribution in [2.24, 2.45) is 5.92 Å². The molecule has 1 fully saturated rings. The van der Waals surface area contributed by atoms with Gasteiger partial charge in [-0.25, -0.2) is 0 Å². The highest BCUT2D eigenvalue weighted by Gasteiger charge is 2.21. The standard InChI is InChI=1S/C14H29NO/c1-12(13-8-6-5-7-9-13)15-11-10-14(2,3)16-4/h12-13,15H,5-11H2,1-4H3/t12-/m0/s1. The molecule has 0 heterocycles. The molecule has 1 aliphatic carbocycles. The van der Waals surface area contributed by atoms with Crippen molar-refractivity contribution in [2.45, 2.75) is 70.9 Å². The molecule has 0 spiro atoms. The monoisotopic (exact) mass is 227 g/mol. The zero-order chi connectivity index (χ0) is 12.0. The van der Waals surface area contributed by atoms with E-state index in [2.05, 4.69) is 26.1 Å². The molecule has 0 aromatic heterocycles. The van der Waals surface area contributed by atoms with Crippen LogP contribution < -0.4 is 5.32 Å². The minimum Gasteiger partial charge on any atom is -0.379 e. The van der Waals surface area contributed by atoms with Gasteiger partial charge < -0.3 is 10.1 Å². The third-order valence-corrected chi connectivity index (χ3v) is 4.10. The predicted molar refractivity (Wildman–Crippen MR) is 69.7 cm³/mol. The van der Waals surface area contributed by atoms with Crippen molar-refractivity contribution in [3.63, 3.8) is 0 Å². The van der Waals surface area contributed by atoms with E-state index in [9.17, 15) is 0 Å². The van der Waals surface area contributed by atoms with Crippen LogP contribution in [0.15, 0.2) is 0 Å². The molecule has 2 heteroatoms. The van der Waals surface area contributed by atoms with Gasteiger partial charge in [0.15, 0.2) is 0 Å². The highest BCUT2D eigenvalue weighted by atomic mass is 16.5. The molecule has 0 aliphatic heterocycles. The Balaban J connectivity index is 2.16. The van der Waals surface area contributed by atoms with Gasteiger partial charge in [0.25, 0.3) is 0 Å². The molecule has 0 aromatic rings. The number of rotatable bonds is 6. The normalized spacial score (nSPS) is 21.0. The quantitative estimate of drug-likeness (QED) is 0.751.